The molecule has 0 saturated heterocycles. The van der Waals surface area contributed by atoms with Crippen LogP contribution in [0.3, 0.4) is 0 Å². The van der Waals surface area contributed by atoms with Crippen molar-refractivity contribution in [3.63, 3.8) is 0 Å². The molecule has 4 heteroatoms. The molecule has 0 amide bonds. The molecule has 78 valence electrons. The third-order valence-electron chi connectivity index (χ3n) is 1.80. The smallest absolute Gasteiger partial charge is 0.0534 e. The first-order valence-electron chi connectivity index (χ1n) is 4.73. The van der Waals surface area contributed by atoms with Gasteiger partial charge in [0, 0.05) is 25.2 Å². The van der Waals surface area contributed by atoms with Crippen molar-refractivity contribution in [3.05, 3.63) is 30.1 Å². The summed E-state index contributed by atoms with van der Waals surface area (Å²) in [5.41, 5.74) is 1.20. The van der Waals surface area contributed by atoms with Crippen LogP contribution in [0.15, 0.2) is 24.5 Å². The van der Waals surface area contributed by atoms with Crippen molar-refractivity contribution >= 4 is 11.6 Å². The maximum atomic E-state index is 5.48. The van der Waals surface area contributed by atoms with Crippen molar-refractivity contribution in [1.82, 2.24) is 15.1 Å². The Morgan fingerprint density at radius 3 is 3.07 bits per heavy atom. The molecule has 0 atom stereocenters. The maximum Gasteiger partial charge on any atom is 0.0534 e. The van der Waals surface area contributed by atoms with E-state index in [0.717, 1.165) is 19.6 Å². The highest BCUT2D eigenvalue weighted by Gasteiger charge is 1.91. The molecule has 0 radical (unpaired) electrons. The number of nitrogens with one attached hydrogen (secondary N) is 1. The molecule has 14 heavy (non-hydrogen) atoms. The van der Waals surface area contributed by atoms with Crippen LogP contribution in [0, 0.1) is 6.92 Å². The fraction of sp³-hybridized carbons (Fsp3) is 0.500. The Hall–Kier alpha value is -0.800. The van der Waals surface area contributed by atoms with Crippen molar-refractivity contribution in [1.29, 1.82) is 0 Å². The molecule has 3 nitrogen and oxygen atoms in total. The quantitative estimate of drug-likeness (QED) is 0.442. The first-order valence-corrected chi connectivity index (χ1v) is 5.27. The van der Waals surface area contributed by atoms with E-state index in [2.05, 4.69) is 10.4 Å². The Morgan fingerprint density at radius 2 is 2.43 bits per heavy atom. The molecule has 1 aromatic heterocycles. The summed E-state index contributed by atoms with van der Waals surface area (Å²) in [6.45, 7) is 4.74. The summed E-state index contributed by atoms with van der Waals surface area (Å²) in [4.78, 5) is 0. The average molecular weight is 214 g/mol. The number of aromatic nitrogens is 2. The summed E-state index contributed by atoms with van der Waals surface area (Å²) in [7, 11) is 0. The number of aryl methyl sites for hydroxylation is 1. The second kappa shape index (κ2) is 6.62. The van der Waals surface area contributed by atoms with Crippen LogP contribution in [0.4, 0.5) is 0 Å². The van der Waals surface area contributed by atoms with Gasteiger partial charge < -0.3 is 5.32 Å². The molecular weight excluding hydrogens is 198 g/mol. The normalized spacial score (nSPS) is 11.3. The highest BCUT2D eigenvalue weighted by atomic mass is 35.5. The Labute approximate surface area is 89.8 Å². The number of allylic oxidation sites excluding steroid dienone is 1. The zero-order valence-corrected chi connectivity index (χ0v) is 9.17. The molecule has 1 N–H and O–H groups in total. The molecule has 1 heterocycles. The summed E-state index contributed by atoms with van der Waals surface area (Å²) in [5, 5.41) is 7.46. The zero-order chi connectivity index (χ0) is 10.2. The number of rotatable bonds is 6. The van der Waals surface area contributed by atoms with Gasteiger partial charge in [-0.3, -0.25) is 4.68 Å². The largest absolute Gasteiger partial charge is 0.311 e. The fourth-order valence-corrected chi connectivity index (χ4v) is 1.24. The Balaban J connectivity index is 2.07. The number of hydrogen-bond donors (Lipinski definition) is 1. The van der Waals surface area contributed by atoms with E-state index < -0.39 is 0 Å². The van der Waals surface area contributed by atoms with Gasteiger partial charge in [0.05, 0.1) is 12.7 Å². The van der Waals surface area contributed by atoms with Crippen LogP contribution in [-0.2, 0) is 6.54 Å². The van der Waals surface area contributed by atoms with E-state index in [1.54, 1.807) is 0 Å². The number of hydrogen-bond acceptors (Lipinski definition) is 2. The van der Waals surface area contributed by atoms with Gasteiger partial charge in [0.25, 0.3) is 0 Å². The zero-order valence-electron chi connectivity index (χ0n) is 8.41. The van der Waals surface area contributed by atoms with Gasteiger partial charge in [-0.05, 0) is 12.5 Å². The van der Waals surface area contributed by atoms with Crippen LogP contribution in [0.2, 0.25) is 0 Å². The van der Waals surface area contributed by atoms with Crippen LogP contribution >= 0.6 is 11.6 Å². The molecule has 0 bridgehead atoms. The van der Waals surface area contributed by atoms with E-state index in [0.29, 0.717) is 5.88 Å². The lowest BCUT2D eigenvalue weighted by Crippen LogP contribution is -2.20. The van der Waals surface area contributed by atoms with Gasteiger partial charge in [0.1, 0.15) is 0 Å². The summed E-state index contributed by atoms with van der Waals surface area (Å²) in [6, 6.07) is 0. The van der Waals surface area contributed by atoms with Gasteiger partial charge in [-0.15, -0.1) is 11.6 Å². The van der Waals surface area contributed by atoms with Gasteiger partial charge in [-0.2, -0.15) is 5.10 Å². The standard InChI is InChI=1S/C10H16ClN3/c1-10-8-13-14(9-10)7-6-12-5-3-2-4-11/h2-3,8-9,12H,4-7H2,1H3/b3-2+. The van der Waals surface area contributed by atoms with E-state index in [9.17, 15) is 0 Å². The van der Waals surface area contributed by atoms with E-state index in [-0.39, 0.29) is 0 Å². The molecule has 0 aliphatic rings. The topological polar surface area (TPSA) is 29.9 Å². The van der Waals surface area contributed by atoms with Crippen molar-refractivity contribution in [2.45, 2.75) is 13.5 Å². The Morgan fingerprint density at radius 1 is 1.57 bits per heavy atom. The van der Waals surface area contributed by atoms with Gasteiger partial charge >= 0.3 is 0 Å². The Kier molecular flexibility index (Phi) is 5.33. The minimum absolute atomic E-state index is 0.583. The van der Waals surface area contributed by atoms with Gasteiger partial charge in [-0.25, -0.2) is 0 Å². The van der Waals surface area contributed by atoms with Crippen LogP contribution in [0.5, 0.6) is 0 Å². The van der Waals surface area contributed by atoms with Crippen molar-refractivity contribution < 1.29 is 0 Å². The second-order valence-corrected chi connectivity index (χ2v) is 3.42. The molecule has 0 aromatic carbocycles. The average Bonchev–Trinajstić information content (AvgIpc) is 2.58. The highest BCUT2D eigenvalue weighted by molar-refractivity contribution is 6.18. The second-order valence-electron chi connectivity index (χ2n) is 3.11. The van der Waals surface area contributed by atoms with E-state index in [4.69, 9.17) is 11.6 Å². The minimum Gasteiger partial charge on any atom is -0.311 e. The molecule has 1 aromatic rings. The van der Waals surface area contributed by atoms with E-state index in [1.165, 1.54) is 5.56 Å². The molecule has 0 aliphatic heterocycles. The van der Waals surface area contributed by atoms with Crippen LogP contribution < -0.4 is 5.32 Å². The lowest BCUT2D eigenvalue weighted by atomic mass is 10.4. The number of nitrogens with zero attached hydrogens (tertiary/aromatic N) is 2. The van der Waals surface area contributed by atoms with Gasteiger partial charge in [0.15, 0.2) is 0 Å². The summed E-state index contributed by atoms with van der Waals surface area (Å²) in [6.07, 6.45) is 7.87. The molecule has 0 saturated carbocycles. The van der Waals surface area contributed by atoms with Gasteiger partial charge in [-0.1, -0.05) is 12.2 Å². The lowest BCUT2D eigenvalue weighted by molar-refractivity contribution is 0.572. The van der Waals surface area contributed by atoms with Crippen LogP contribution in [-0.4, -0.2) is 28.8 Å². The third kappa shape index (κ3) is 4.44. The predicted molar refractivity (Wildman–Crippen MR) is 59.7 cm³/mol. The molecule has 0 unspecified atom stereocenters. The summed E-state index contributed by atoms with van der Waals surface area (Å²) in [5.74, 6) is 0.583. The first-order chi connectivity index (χ1) is 6.83. The van der Waals surface area contributed by atoms with Crippen LogP contribution in [0.1, 0.15) is 5.56 Å². The molecule has 1 rings (SSSR count). The summed E-state index contributed by atoms with van der Waals surface area (Å²) < 4.78 is 1.94. The van der Waals surface area contributed by atoms with Crippen molar-refractivity contribution in [2.75, 3.05) is 19.0 Å². The number of alkyl halides is 1. The minimum atomic E-state index is 0.583. The fourth-order valence-electron chi connectivity index (χ4n) is 1.11. The van der Waals surface area contributed by atoms with E-state index >= 15 is 0 Å². The van der Waals surface area contributed by atoms with Crippen LogP contribution in [0.25, 0.3) is 0 Å². The first kappa shape index (κ1) is 11.3. The highest BCUT2D eigenvalue weighted by Crippen LogP contribution is 1.92. The SMILES string of the molecule is Cc1cnn(CCNC/C=C/CCl)c1. The van der Waals surface area contributed by atoms with E-state index in [1.807, 2.05) is 36.2 Å². The van der Waals surface area contributed by atoms with Crippen molar-refractivity contribution in [2.24, 2.45) is 0 Å². The molecule has 0 spiro atoms. The number of halogens is 1. The third-order valence-corrected chi connectivity index (χ3v) is 1.98. The molecular formula is C10H16ClN3. The summed E-state index contributed by atoms with van der Waals surface area (Å²) >= 11 is 5.48. The van der Waals surface area contributed by atoms with Crippen molar-refractivity contribution in [3.8, 4) is 0 Å². The monoisotopic (exact) mass is 213 g/mol. The lowest BCUT2D eigenvalue weighted by Gasteiger charge is -2.01. The Bertz CT molecular complexity index is 281. The predicted octanol–water partition coefficient (Wildman–Crippen LogP) is 1.58. The maximum absolute atomic E-state index is 5.48. The molecule has 0 aliphatic carbocycles. The molecule has 0 fully saturated rings. The van der Waals surface area contributed by atoms with Gasteiger partial charge in [0.2, 0.25) is 0 Å².